The van der Waals surface area contributed by atoms with Gasteiger partial charge in [-0.1, -0.05) is 51.2 Å². The van der Waals surface area contributed by atoms with Crippen LogP contribution in [0, 0.1) is 11.8 Å². The topological polar surface area (TPSA) is 12.0 Å². The van der Waals surface area contributed by atoms with Crippen LogP contribution in [-0.4, -0.2) is 12.6 Å². The van der Waals surface area contributed by atoms with Crippen LogP contribution >= 0.6 is 0 Å². The fourth-order valence-electron chi connectivity index (χ4n) is 3.19. The van der Waals surface area contributed by atoms with Gasteiger partial charge < -0.3 is 5.32 Å². The number of hydrogen-bond donors (Lipinski definition) is 1. The summed E-state index contributed by atoms with van der Waals surface area (Å²) in [4.78, 5) is 0. The zero-order chi connectivity index (χ0) is 13.4. The molecule has 0 aromatic rings. The minimum atomic E-state index is 0.698. The second-order valence-corrected chi connectivity index (χ2v) is 6.45. The Hall–Kier alpha value is -0.300. The van der Waals surface area contributed by atoms with Gasteiger partial charge in [0, 0.05) is 6.04 Å². The molecule has 0 bridgehead atoms. The molecule has 18 heavy (non-hydrogen) atoms. The summed E-state index contributed by atoms with van der Waals surface area (Å²) in [7, 11) is 0. The third-order valence-electron chi connectivity index (χ3n) is 4.13. The van der Waals surface area contributed by atoms with Crippen molar-refractivity contribution in [2.45, 2.75) is 78.7 Å². The highest BCUT2D eigenvalue weighted by Crippen LogP contribution is 2.27. The minimum Gasteiger partial charge on any atom is -0.314 e. The van der Waals surface area contributed by atoms with E-state index in [-0.39, 0.29) is 0 Å². The lowest BCUT2D eigenvalue weighted by Gasteiger charge is -2.27. The second-order valence-electron chi connectivity index (χ2n) is 6.45. The van der Waals surface area contributed by atoms with E-state index in [1.165, 1.54) is 51.5 Å². The van der Waals surface area contributed by atoms with E-state index in [0.29, 0.717) is 6.04 Å². The van der Waals surface area contributed by atoms with Crippen molar-refractivity contribution in [3.63, 3.8) is 0 Å². The molecule has 3 atom stereocenters. The van der Waals surface area contributed by atoms with E-state index in [2.05, 4.69) is 39.1 Å². The Morgan fingerprint density at radius 1 is 1.33 bits per heavy atom. The van der Waals surface area contributed by atoms with E-state index in [1.54, 1.807) is 5.57 Å². The lowest BCUT2D eigenvalue weighted by atomic mass is 9.83. The van der Waals surface area contributed by atoms with Gasteiger partial charge >= 0.3 is 0 Å². The molecule has 0 aliphatic heterocycles. The molecule has 1 nitrogen and oxygen atoms in total. The van der Waals surface area contributed by atoms with Gasteiger partial charge in [0.25, 0.3) is 0 Å². The molecule has 3 unspecified atom stereocenters. The Bertz CT molecular complexity index is 244. The summed E-state index contributed by atoms with van der Waals surface area (Å²) in [5.41, 5.74) is 1.59. The molecule has 0 aromatic carbocycles. The van der Waals surface area contributed by atoms with Crippen molar-refractivity contribution in [2.24, 2.45) is 11.8 Å². The maximum Gasteiger partial charge on any atom is 0.00388 e. The highest BCUT2D eigenvalue weighted by atomic mass is 14.9. The monoisotopic (exact) mass is 251 g/mol. The molecule has 1 aliphatic carbocycles. The molecule has 0 heterocycles. The average Bonchev–Trinajstić information content (AvgIpc) is 2.31. The van der Waals surface area contributed by atoms with Gasteiger partial charge in [0.1, 0.15) is 0 Å². The van der Waals surface area contributed by atoms with Gasteiger partial charge in [-0.05, 0) is 51.5 Å². The first-order valence-electron chi connectivity index (χ1n) is 8.02. The Balaban J connectivity index is 2.11. The fraction of sp³-hybridized carbons (Fsp3) is 0.882. The maximum absolute atomic E-state index is 3.74. The number of hydrogen-bond acceptors (Lipinski definition) is 1. The van der Waals surface area contributed by atoms with Crippen LogP contribution in [0.5, 0.6) is 0 Å². The van der Waals surface area contributed by atoms with Crippen LogP contribution in [0.25, 0.3) is 0 Å². The van der Waals surface area contributed by atoms with Gasteiger partial charge in [-0.3, -0.25) is 0 Å². The normalized spacial score (nSPS) is 25.9. The van der Waals surface area contributed by atoms with Gasteiger partial charge in [-0.15, -0.1) is 0 Å². The molecular weight excluding hydrogens is 218 g/mol. The van der Waals surface area contributed by atoms with Gasteiger partial charge in [-0.2, -0.15) is 0 Å². The van der Waals surface area contributed by atoms with Crippen LogP contribution < -0.4 is 5.32 Å². The fourth-order valence-corrected chi connectivity index (χ4v) is 3.19. The summed E-state index contributed by atoms with van der Waals surface area (Å²) in [6.07, 6.45) is 12.0. The van der Waals surface area contributed by atoms with Crippen LogP contribution in [0.4, 0.5) is 0 Å². The van der Waals surface area contributed by atoms with Gasteiger partial charge in [-0.25, -0.2) is 0 Å². The summed E-state index contributed by atoms with van der Waals surface area (Å²) < 4.78 is 0. The minimum absolute atomic E-state index is 0.698. The Labute approximate surface area is 114 Å². The highest BCUT2D eigenvalue weighted by Gasteiger charge is 2.18. The van der Waals surface area contributed by atoms with Crippen molar-refractivity contribution < 1.29 is 0 Å². The van der Waals surface area contributed by atoms with Crippen molar-refractivity contribution in [1.29, 1.82) is 0 Å². The Kier molecular flexibility index (Phi) is 7.65. The molecule has 1 rings (SSSR count). The standard InChI is InChI=1S/C17H33N/c1-5-6-7-8-9-16(4)18-13-17-11-14(2)10-15(3)12-17/h10,14,16-18H,5-9,11-13H2,1-4H3. The van der Waals surface area contributed by atoms with Crippen LogP contribution in [-0.2, 0) is 0 Å². The van der Waals surface area contributed by atoms with E-state index in [1.807, 2.05) is 0 Å². The van der Waals surface area contributed by atoms with Crippen LogP contribution in [0.3, 0.4) is 0 Å². The third kappa shape index (κ3) is 6.58. The van der Waals surface area contributed by atoms with E-state index >= 15 is 0 Å². The van der Waals surface area contributed by atoms with E-state index in [0.717, 1.165) is 11.8 Å². The molecule has 1 heteroatoms. The lowest BCUT2D eigenvalue weighted by molar-refractivity contribution is 0.356. The molecule has 0 fully saturated rings. The second kappa shape index (κ2) is 8.74. The lowest BCUT2D eigenvalue weighted by Crippen LogP contribution is -2.32. The first kappa shape index (κ1) is 15.8. The first-order valence-corrected chi connectivity index (χ1v) is 8.02. The maximum atomic E-state index is 3.74. The summed E-state index contributed by atoms with van der Waals surface area (Å²) in [5.74, 6) is 1.65. The van der Waals surface area contributed by atoms with Crippen LogP contribution in [0.2, 0.25) is 0 Å². The number of nitrogens with one attached hydrogen (secondary N) is 1. The van der Waals surface area contributed by atoms with Gasteiger partial charge in [0.05, 0.1) is 0 Å². The highest BCUT2D eigenvalue weighted by molar-refractivity contribution is 5.06. The van der Waals surface area contributed by atoms with Crippen molar-refractivity contribution in [3.8, 4) is 0 Å². The van der Waals surface area contributed by atoms with Crippen molar-refractivity contribution in [2.75, 3.05) is 6.54 Å². The zero-order valence-corrected chi connectivity index (χ0v) is 13.0. The molecule has 0 saturated heterocycles. The smallest absolute Gasteiger partial charge is 0.00388 e. The Morgan fingerprint density at radius 2 is 2.11 bits per heavy atom. The van der Waals surface area contributed by atoms with E-state index in [4.69, 9.17) is 0 Å². The van der Waals surface area contributed by atoms with E-state index in [9.17, 15) is 0 Å². The molecule has 1 N–H and O–H groups in total. The van der Waals surface area contributed by atoms with Crippen molar-refractivity contribution in [3.05, 3.63) is 11.6 Å². The third-order valence-corrected chi connectivity index (χ3v) is 4.13. The quantitative estimate of drug-likeness (QED) is 0.476. The predicted octanol–water partition coefficient (Wildman–Crippen LogP) is 4.93. The summed E-state index contributed by atoms with van der Waals surface area (Å²) in [6, 6.07) is 0.698. The zero-order valence-electron chi connectivity index (χ0n) is 13.0. The van der Waals surface area contributed by atoms with E-state index < -0.39 is 0 Å². The summed E-state index contributed by atoms with van der Waals surface area (Å²) in [6.45, 7) is 10.5. The number of rotatable bonds is 8. The Morgan fingerprint density at radius 3 is 2.78 bits per heavy atom. The average molecular weight is 251 g/mol. The van der Waals surface area contributed by atoms with Gasteiger partial charge in [0.2, 0.25) is 0 Å². The van der Waals surface area contributed by atoms with Gasteiger partial charge in [0.15, 0.2) is 0 Å². The molecule has 1 aliphatic rings. The van der Waals surface area contributed by atoms with Crippen molar-refractivity contribution in [1.82, 2.24) is 5.32 Å². The molecular formula is C17H33N. The number of allylic oxidation sites excluding steroid dienone is 2. The largest absolute Gasteiger partial charge is 0.314 e. The molecule has 0 aromatic heterocycles. The SMILES string of the molecule is CCCCCCC(C)NCC1CC(C)=CC(C)C1. The predicted molar refractivity (Wildman–Crippen MR) is 81.9 cm³/mol. The molecule has 0 amide bonds. The molecule has 0 spiro atoms. The molecule has 0 saturated carbocycles. The van der Waals surface area contributed by atoms with Crippen LogP contribution in [0.15, 0.2) is 11.6 Å². The number of unbranched alkanes of at least 4 members (excludes halogenated alkanes) is 3. The first-order chi connectivity index (χ1) is 8.61. The summed E-state index contributed by atoms with van der Waals surface area (Å²) in [5, 5.41) is 3.74. The molecule has 0 radical (unpaired) electrons. The molecule has 106 valence electrons. The van der Waals surface area contributed by atoms with Crippen molar-refractivity contribution >= 4 is 0 Å². The van der Waals surface area contributed by atoms with Crippen LogP contribution in [0.1, 0.15) is 72.6 Å². The summed E-state index contributed by atoms with van der Waals surface area (Å²) >= 11 is 0.